The highest BCUT2D eigenvalue weighted by Gasteiger charge is 2.45. The first kappa shape index (κ1) is 15.5. The number of amides is 1. The van der Waals surface area contributed by atoms with Gasteiger partial charge in [-0.1, -0.05) is 13.8 Å². The third-order valence-electron chi connectivity index (χ3n) is 4.53. The van der Waals surface area contributed by atoms with Crippen molar-refractivity contribution in [3.63, 3.8) is 0 Å². The van der Waals surface area contributed by atoms with E-state index in [2.05, 4.69) is 19.2 Å². The van der Waals surface area contributed by atoms with Crippen LogP contribution in [0.5, 0.6) is 0 Å². The topological polar surface area (TPSA) is 69.6 Å². The zero-order chi connectivity index (χ0) is 15.6. The van der Waals surface area contributed by atoms with Gasteiger partial charge in [-0.25, -0.2) is 4.79 Å². The Labute approximate surface area is 125 Å². The van der Waals surface area contributed by atoms with E-state index in [1.54, 1.807) is 24.1 Å². The molecule has 1 aromatic carbocycles. The minimum absolute atomic E-state index is 0.0885. The standard InChI is InChI=1S/C16H22N2O3/c1-11(2)16(8-9-17-10-16)15(21)18(3)13-6-4-12(5-7-13)14(19)20/h4-7,11,17H,8-10H2,1-3H3,(H,19,20). The molecule has 0 spiro atoms. The van der Waals surface area contributed by atoms with Crippen LogP contribution in [0.3, 0.4) is 0 Å². The van der Waals surface area contributed by atoms with Gasteiger partial charge in [0.05, 0.1) is 11.0 Å². The van der Waals surface area contributed by atoms with Crippen LogP contribution in [0.25, 0.3) is 0 Å². The molecule has 2 N–H and O–H groups in total. The van der Waals surface area contributed by atoms with Gasteiger partial charge < -0.3 is 15.3 Å². The SMILES string of the molecule is CC(C)C1(C(=O)N(C)c2ccc(C(=O)O)cc2)CCNC1. The minimum Gasteiger partial charge on any atom is -0.478 e. The number of carboxylic acid groups (broad SMARTS) is 1. The monoisotopic (exact) mass is 290 g/mol. The third kappa shape index (κ3) is 2.78. The quantitative estimate of drug-likeness (QED) is 0.889. The normalized spacial score (nSPS) is 21.5. The number of benzene rings is 1. The number of aromatic carboxylic acids is 1. The number of carbonyl (C=O) groups excluding carboxylic acids is 1. The summed E-state index contributed by atoms with van der Waals surface area (Å²) < 4.78 is 0. The van der Waals surface area contributed by atoms with E-state index < -0.39 is 5.97 Å². The molecule has 5 heteroatoms. The molecule has 1 amide bonds. The van der Waals surface area contributed by atoms with E-state index in [-0.39, 0.29) is 22.8 Å². The Bertz CT molecular complexity index is 531. The van der Waals surface area contributed by atoms with Crippen LogP contribution in [-0.4, -0.2) is 37.1 Å². The molecule has 1 aromatic rings. The Morgan fingerprint density at radius 3 is 2.33 bits per heavy atom. The Morgan fingerprint density at radius 2 is 1.90 bits per heavy atom. The molecule has 0 saturated carbocycles. The predicted molar refractivity (Wildman–Crippen MR) is 81.6 cm³/mol. The average molecular weight is 290 g/mol. The lowest BCUT2D eigenvalue weighted by Gasteiger charge is -2.35. The van der Waals surface area contributed by atoms with Crippen molar-refractivity contribution in [1.29, 1.82) is 0 Å². The highest BCUT2D eigenvalue weighted by molar-refractivity contribution is 5.98. The van der Waals surface area contributed by atoms with Crippen LogP contribution in [0.15, 0.2) is 24.3 Å². The average Bonchev–Trinajstić information content (AvgIpc) is 2.96. The van der Waals surface area contributed by atoms with Gasteiger partial charge in [-0.2, -0.15) is 0 Å². The Balaban J connectivity index is 2.24. The maximum Gasteiger partial charge on any atom is 0.335 e. The van der Waals surface area contributed by atoms with Crippen molar-refractivity contribution in [2.75, 3.05) is 25.0 Å². The lowest BCUT2D eigenvalue weighted by molar-refractivity contribution is -0.129. The van der Waals surface area contributed by atoms with Gasteiger partial charge in [0.1, 0.15) is 0 Å². The molecule has 5 nitrogen and oxygen atoms in total. The second-order valence-corrected chi connectivity index (χ2v) is 5.95. The fourth-order valence-corrected chi connectivity index (χ4v) is 2.91. The molecule has 2 rings (SSSR count). The Morgan fingerprint density at radius 1 is 1.29 bits per heavy atom. The molecular weight excluding hydrogens is 268 g/mol. The number of nitrogens with zero attached hydrogens (tertiary/aromatic N) is 1. The van der Waals surface area contributed by atoms with E-state index >= 15 is 0 Å². The summed E-state index contributed by atoms with van der Waals surface area (Å²) >= 11 is 0. The molecule has 0 bridgehead atoms. The fourth-order valence-electron chi connectivity index (χ4n) is 2.91. The lowest BCUT2D eigenvalue weighted by atomic mass is 9.75. The number of carbonyl (C=O) groups is 2. The maximum atomic E-state index is 12.9. The molecule has 0 aromatic heterocycles. The van der Waals surface area contributed by atoms with Crippen LogP contribution in [-0.2, 0) is 4.79 Å². The number of hydrogen-bond acceptors (Lipinski definition) is 3. The fraction of sp³-hybridized carbons (Fsp3) is 0.500. The van der Waals surface area contributed by atoms with Gasteiger partial charge in [0.15, 0.2) is 0 Å². The number of hydrogen-bond donors (Lipinski definition) is 2. The molecule has 1 saturated heterocycles. The number of rotatable bonds is 4. The predicted octanol–water partition coefficient (Wildman–Crippen LogP) is 1.98. The Kier molecular flexibility index (Phi) is 4.32. The van der Waals surface area contributed by atoms with Crippen LogP contribution < -0.4 is 10.2 Å². The smallest absolute Gasteiger partial charge is 0.335 e. The van der Waals surface area contributed by atoms with Crippen molar-refractivity contribution in [2.24, 2.45) is 11.3 Å². The van der Waals surface area contributed by atoms with E-state index in [1.165, 1.54) is 12.1 Å². The van der Waals surface area contributed by atoms with Crippen molar-refractivity contribution >= 4 is 17.6 Å². The third-order valence-corrected chi connectivity index (χ3v) is 4.53. The number of carboxylic acids is 1. The van der Waals surface area contributed by atoms with Gasteiger partial charge in [0.25, 0.3) is 0 Å². The summed E-state index contributed by atoms with van der Waals surface area (Å²) in [6.45, 7) is 5.70. The molecule has 1 heterocycles. The summed E-state index contributed by atoms with van der Waals surface area (Å²) in [5.74, 6) is -0.625. The van der Waals surface area contributed by atoms with Crippen molar-refractivity contribution in [3.05, 3.63) is 29.8 Å². The van der Waals surface area contributed by atoms with Crippen LogP contribution >= 0.6 is 0 Å². The van der Waals surface area contributed by atoms with Gasteiger partial charge in [0.2, 0.25) is 5.91 Å². The zero-order valence-corrected chi connectivity index (χ0v) is 12.7. The largest absolute Gasteiger partial charge is 0.478 e. The molecule has 0 aliphatic carbocycles. The van der Waals surface area contributed by atoms with E-state index in [0.717, 1.165) is 18.7 Å². The minimum atomic E-state index is -0.964. The van der Waals surface area contributed by atoms with E-state index in [4.69, 9.17) is 5.11 Å². The van der Waals surface area contributed by atoms with Gasteiger partial charge in [-0.05, 0) is 43.1 Å². The molecule has 1 unspecified atom stereocenters. The van der Waals surface area contributed by atoms with Crippen LogP contribution in [0, 0.1) is 11.3 Å². The van der Waals surface area contributed by atoms with Crippen molar-refractivity contribution in [1.82, 2.24) is 5.32 Å². The molecule has 1 aliphatic heterocycles. The van der Waals surface area contributed by atoms with Crippen LogP contribution in [0.1, 0.15) is 30.6 Å². The second kappa shape index (κ2) is 5.85. The summed E-state index contributed by atoms with van der Waals surface area (Å²) in [5.41, 5.74) is 0.567. The van der Waals surface area contributed by atoms with E-state index in [0.29, 0.717) is 6.54 Å². The molecule has 1 aliphatic rings. The first-order chi connectivity index (χ1) is 9.88. The highest BCUT2D eigenvalue weighted by Crippen LogP contribution is 2.37. The lowest BCUT2D eigenvalue weighted by Crippen LogP contribution is -2.47. The molecular formula is C16H22N2O3. The first-order valence-corrected chi connectivity index (χ1v) is 7.21. The molecule has 0 radical (unpaired) electrons. The summed E-state index contributed by atoms with van der Waals surface area (Å²) in [7, 11) is 1.75. The number of nitrogens with one attached hydrogen (secondary N) is 1. The Hall–Kier alpha value is -1.88. The van der Waals surface area contributed by atoms with Gasteiger partial charge in [-0.3, -0.25) is 4.79 Å². The summed E-state index contributed by atoms with van der Waals surface area (Å²) in [5, 5.41) is 12.2. The molecule has 21 heavy (non-hydrogen) atoms. The van der Waals surface area contributed by atoms with Crippen molar-refractivity contribution in [3.8, 4) is 0 Å². The van der Waals surface area contributed by atoms with Crippen molar-refractivity contribution < 1.29 is 14.7 Å². The van der Waals surface area contributed by atoms with E-state index in [1.807, 2.05) is 0 Å². The van der Waals surface area contributed by atoms with Gasteiger partial charge in [-0.15, -0.1) is 0 Å². The van der Waals surface area contributed by atoms with Crippen LogP contribution in [0.2, 0.25) is 0 Å². The summed E-state index contributed by atoms with van der Waals surface area (Å²) in [6.07, 6.45) is 0.834. The summed E-state index contributed by atoms with van der Waals surface area (Å²) in [4.78, 5) is 25.4. The van der Waals surface area contributed by atoms with Gasteiger partial charge >= 0.3 is 5.97 Å². The zero-order valence-electron chi connectivity index (χ0n) is 12.7. The first-order valence-electron chi connectivity index (χ1n) is 7.21. The van der Waals surface area contributed by atoms with Crippen molar-refractivity contribution in [2.45, 2.75) is 20.3 Å². The highest BCUT2D eigenvalue weighted by atomic mass is 16.4. The molecule has 1 fully saturated rings. The second-order valence-electron chi connectivity index (χ2n) is 5.95. The summed E-state index contributed by atoms with van der Waals surface area (Å²) in [6, 6.07) is 6.41. The van der Waals surface area contributed by atoms with E-state index in [9.17, 15) is 9.59 Å². The maximum absolute atomic E-state index is 12.9. The number of anilines is 1. The molecule has 114 valence electrons. The van der Waals surface area contributed by atoms with Crippen LogP contribution in [0.4, 0.5) is 5.69 Å². The van der Waals surface area contributed by atoms with Gasteiger partial charge in [0, 0.05) is 19.3 Å². The molecule has 1 atom stereocenters.